The third-order valence-corrected chi connectivity index (χ3v) is 5.72. The number of para-hydroxylation sites is 1. The summed E-state index contributed by atoms with van der Waals surface area (Å²) in [6.45, 7) is 0. The van der Waals surface area contributed by atoms with Crippen molar-refractivity contribution in [3.8, 4) is 0 Å². The van der Waals surface area contributed by atoms with Gasteiger partial charge in [0.15, 0.2) is 9.84 Å². The third kappa shape index (κ3) is 4.07. The van der Waals surface area contributed by atoms with Crippen LogP contribution < -0.4 is 5.32 Å². The van der Waals surface area contributed by atoms with Crippen LogP contribution in [-0.4, -0.2) is 38.0 Å². The first kappa shape index (κ1) is 16.8. The van der Waals surface area contributed by atoms with Crippen LogP contribution in [0.5, 0.6) is 0 Å². The van der Waals surface area contributed by atoms with Crippen LogP contribution in [0, 0.1) is 0 Å². The molecule has 1 fully saturated rings. The predicted molar refractivity (Wildman–Crippen MR) is 93.2 cm³/mol. The first-order chi connectivity index (χ1) is 11.4. The fraction of sp³-hybridized carbons (Fsp3) is 0.235. The highest BCUT2D eigenvalue weighted by Gasteiger charge is 2.40. The molecular formula is C17H16ClNO4S. The topological polar surface area (TPSA) is 72.5 Å². The van der Waals surface area contributed by atoms with Crippen molar-refractivity contribution in [1.29, 1.82) is 0 Å². The number of hydrogen-bond donors (Lipinski definition) is 1. The number of benzene rings is 2. The number of hydrogen-bond acceptors (Lipinski definition) is 5. The third-order valence-electron chi connectivity index (χ3n) is 3.76. The summed E-state index contributed by atoms with van der Waals surface area (Å²) in [4.78, 5) is 12.2. The van der Waals surface area contributed by atoms with Gasteiger partial charge in [-0.1, -0.05) is 29.8 Å². The smallest absolute Gasteiger partial charge is 0.338 e. The van der Waals surface area contributed by atoms with Gasteiger partial charge in [0.2, 0.25) is 0 Å². The Morgan fingerprint density at radius 1 is 1.04 bits per heavy atom. The number of ether oxygens (including phenoxy) is 1. The molecule has 126 valence electrons. The fourth-order valence-electron chi connectivity index (χ4n) is 2.61. The van der Waals surface area contributed by atoms with Crippen molar-refractivity contribution in [2.75, 3.05) is 16.8 Å². The standard InChI is InChI=1S/C17H16ClNO4S/c18-13-8-6-12(7-9-13)17(20)23-16-11-24(21,22)10-15(16)19-14-4-2-1-3-5-14/h1-9,15-16,19H,10-11H2/t15-,16-/m1/s1. The van der Waals surface area contributed by atoms with Crippen molar-refractivity contribution in [1.82, 2.24) is 0 Å². The molecule has 2 aromatic rings. The second kappa shape index (κ2) is 6.83. The first-order valence-corrected chi connectivity index (χ1v) is 9.61. The van der Waals surface area contributed by atoms with Gasteiger partial charge in [-0.05, 0) is 36.4 Å². The molecule has 0 aromatic heterocycles. The van der Waals surface area contributed by atoms with E-state index in [0.717, 1.165) is 5.69 Å². The molecule has 0 aliphatic carbocycles. The zero-order chi connectivity index (χ0) is 17.2. The van der Waals surface area contributed by atoms with Crippen LogP contribution in [0.1, 0.15) is 10.4 Å². The Kier molecular flexibility index (Phi) is 4.78. The highest BCUT2D eigenvalue weighted by atomic mass is 35.5. The lowest BCUT2D eigenvalue weighted by Gasteiger charge is -2.21. The number of rotatable bonds is 4. The molecule has 2 aromatic carbocycles. The van der Waals surface area contributed by atoms with Gasteiger partial charge in [0.1, 0.15) is 6.10 Å². The van der Waals surface area contributed by atoms with Gasteiger partial charge in [-0.25, -0.2) is 13.2 Å². The van der Waals surface area contributed by atoms with E-state index in [-0.39, 0.29) is 11.5 Å². The molecule has 1 saturated heterocycles. The summed E-state index contributed by atoms with van der Waals surface area (Å²) in [6, 6.07) is 15.0. The predicted octanol–water partition coefficient (Wildman–Crippen LogP) is 2.77. The molecule has 0 saturated carbocycles. The Morgan fingerprint density at radius 2 is 1.71 bits per heavy atom. The molecule has 5 nitrogen and oxygen atoms in total. The van der Waals surface area contributed by atoms with Crippen LogP contribution in [0.3, 0.4) is 0 Å². The highest BCUT2D eigenvalue weighted by Crippen LogP contribution is 2.22. The van der Waals surface area contributed by atoms with Gasteiger partial charge in [0.05, 0.1) is 23.1 Å². The average Bonchev–Trinajstić information content (AvgIpc) is 2.82. The maximum Gasteiger partial charge on any atom is 0.338 e. The number of halogens is 1. The summed E-state index contributed by atoms with van der Waals surface area (Å²) in [5.41, 5.74) is 1.12. The van der Waals surface area contributed by atoms with E-state index < -0.39 is 28.0 Å². The van der Waals surface area contributed by atoms with Crippen molar-refractivity contribution in [2.45, 2.75) is 12.1 Å². The lowest BCUT2D eigenvalue weighted by molar-refractivity contribution is 0.0337. The van der Waals surface area contributed by atoms with Crippen molar-refractivity contribution in [2.24, 2.45) is 0 Å². The van der Waals surface area contributed by atoms with Crippen molar-refractivity contribution < 1.29 is 17.9 Å². The second-order valence-electron chi connectivity index (χ2n) is 5.64. The van der Waals surface area contributed by atoms with Crippen LogP contribution >= 0.6 is 11.6 Å². The molecule has 1 aliphatic rings. The zero-order valence-electron chi connectivity index (χ0n) is 12.7. The largest absolute Gasteiger partial charge is 0.455 e. The second-order valence-corrected chi connectivity index (χ2v) is 8.23. The summed E-state index contributed by atoms with van der Waals surface area (Å²) in [5.74, 6) is -0.814. The SMILES string of the molecule is O=C(O[C@@H]1CS(=O)(=O)C[C@H]1Nc1ccccc1)c1ccc(Cl)cc1. The molecule has 7 heteroatoms. The molecule has 1 N–H and O–H groups in total. The van der Waals surface area contributed by atoms with Gasteiger partial charge < -0.3 is 10.1 Å². The van der Waals surface area contributed by atoms with Gasteiger partial charge >= 0.3 is 5.97 Å². The van der Waals surface area contributed by atoms with Crippen LogP contribution in [-0.2, 0) is 14.6 Å². The van der Waals surface area contributed by atoms with Gasteiger partial charge in [-0.15, -0.1) is 0 Å². The molecule has 0 bridgehead atoms. The van der Waals surface area contributed by atoms with Gasteiger partial charge in [0.25, 0.3) is 0 Å². The van der Waals surface area contributed by atoms with E-state index in [1.54, 1.807) is 24.3 Å². The Balaban J connectivity index is 1.74. The molecule has 0 spiro atoms. The minimum absolute atomic E-state index is 0.0690. The van der Waals surface area contributed by atoms with Crippen LogP contribution in [0.2, 0.25) is 5.02 Å². The van der Waals surface area contributed by atoms with Crippen molar-refractivity contribution in [3.05, 3.63) is 65.2 Å². The van der Waals surface area contributed by atoms with E-state index >= 15 is 0 Å². The molecule has 1 aliphatic heterocycles. The lowest BCUT2D eigenvalue weighted by Crippen LogP contribution is -2.35. The summed E-state index contributed by atoms with van der Waals surface area (Å²) >= 11 is 5.80. The fourth-order valence-corrected chi connectivity index (χ4v) is 4.51. The number of sulfone groups is 1. The Hall–Kier alpha value is -2.05. The molecule has 3 rings (SSSR count). The van der Waals surface area contributed by atoms with E-state index in [1.807, 2.05) is 30.3 Å². The van der Waals surface area contributed by atoms with E-state index in [9.17, 15) is 13.2 Å². The minimum atomic E-state index is -3.26. The zero-order valence-corrected chi connectivity index (χ0v) is 14.3. The summed E-state index contributed by atoms with van der Waals surface area (Å²) in [6.07, 6.45) is -0.738. The first-order valence-electron chi connectivity index (χ1n) is 7.41. The average molecular weight is 366 g/mol. The van der Waals surface area contributed by atoms with E-state index in [2.05, 4.69) is 5.32 Å². The normalized spacial score (nSPS) is 22.0. The molecular weight excluding hydrogens is 350 g/mol. The minimum Gasteiger partial charge on any atom is -0.455 e. The molecule has 24 heavy (non-hydrogen) atoms. The highest BCUT2D eigenvalue weighted by molar-refractivity contribution is 7.91. The van der Waals surface area contributed by atoms with Crippen LogP contribution in [0.25, 0.3) is 0 Å². The van der Waals surface area contributed by atoms with Gasteiger partial charge in [0, 0.05) is 10.7 Å². The number of esters is 1. The quantitative estimate of drug-likeness (QED) is 0.843. The molecule has 0 amide bonds. The summed E-state index contributed by atoms with van der Waals surface area (Å²) in [7, 11) is -3.26. The van der Waals surface area contributed by atoms with E-state index in [4.69, 9.17) is 16.3 Å². The monoisotopic (exact) mass is 365 g/mol. The van der Waals surface area contributed by atoms with Crippen LogP contribution in [0.4, 0.5) is 5.69 Å². The lowest BCUT2D eigenvalue weighted by atomic mass is 10.2. The summed E-state index contributed by atoms with van der Waals surface area (Å²) < 4.78 is 29.3. The van der Waals surface area contributed by atoms with Gasteiger partial charge in [-0.3, -0.25) is 0 Å². The number of carbonyl (C=O) groups excluding carboxylic acids is 1. The number of anilines is 1. The molecule has 0 unspecified atom stereocenters. The molecule has 2 atom stereocenters. The maximum absolute atomic E-state index is 12.2. The maximum atomic E-state index is 12.2. The summed E-state index contributed by atoms with van der Waals surface area (Å²) in [5, 5.41) is 3.65. The molecule has 0 radical (unpaired) electrons. The van der Waals surface area contributed by atoms with Gasteiger partial charge in [-0.2, -0.15) is 0 Å². The number of nitrogens with one attached hydrogen (secondary N) is 1. The van der Waals surface area contributed by atoms with E-state index in [0.29, 0.717) is 10.6 Å². The Bertz CT molecular complexity index is 821. The van der Waals surface area contributed by atoms with Crippen molar-refractivity contribution in [3.63, 3.8) is 0 Å². The Morgan fingerprint density at radius 3 is 2.38 bits per heavy atom. The number of carbonyl (C=O) groups is 1. The van der Waals surface area contributed by atoms with Crippen molar-refractivity contribution >= 4 is 33.1 Å². The Labute approximate surface area is 145 Å². The van der Waals surface area contributed by atoms with E-state index in [1.165, 1.54) is 0 Å². The molecule has 1 heterocycles. The van der Waals surface area contributed by atoms with Crippen LogP contribution in [0.15, 0.2) is 54.6 Å².